The highest BCUT2D eigenvalue weighted by molar-refractivity contribution is 9.10. The van der Waals surface area contributed by atoms with Crippen LogP contribution in [0.1, 0.15) is 44.7 Å². The van der Waals surface area contributed by atoms with Crippen molar-refractivity contribution in [3.05, 3.63) is 69.9 Å². The number of nitrogens with one attached hydrogen (secondary N) is 4. The van der Waals surface area contributed by atoms with Gasteiger partial charge in [-0.25, -0.2) is 9.18 Å². The lowest BCUT2D eigenvalue weighted by atomic mass is 10.0. The molecule has 0 spiro atoms. The molecule has 1 unspecified atom stereocenters. The molecule has 8 nitrogen and oxygen atoms in total. The number of hydrogen-bond donors (Lipinski definition) is 4. The summed E-state index contributed by atoms with van der Waals surface area (Å²) in [5.41, 5.74) is 1.09. The summed E-state index contributed by atoms with van der Waals surface area (Å²) in [6.07, 6.45) is 0.348. The highest BCUT2D eigenvalue weighted by Gasteiger charge is 2.38. The van der Waals surface area contributed by atoms with Gasteiger partial charge >= 0.3 is 6.03 Å². The predicted molar refractivity (Wildman–Crippen MR) is 143 cm³/mol. The Hall–Kier alpha value is -3.05. The first-order chi connectivity index (χ1) is 17.4. The second kappa shape index (κ2) is 14.0. The van der Waals surface area contributed by atoms with Gasteiger partial charge in [-0.15, -0.1) is 0 Å². The molecule has 11 heteroatoms. The number of Topliss-reactive ketones (excluding diaryl/α,β-unsaturated/α-hetero) is 1. The first kappa shape index (κ1) is 30.2. The molecule has 197 valence electrons. The number of carbonyl (C=O) groups excluding carboxylic acids is 4. The first-order valence-electron chi connectivity index (χ1n) is 11.9. The van der Waals surface area contributed by atoms with Gasteiger partial charge in [-0.05, 0) is 42.5 Å². The molecule has 4 N–H and O–H groups in total. The average molecular weight is 591 g/mol. The Morgan fingerprint density at radius 1 is 1.03 bits per heavy atom. The Balaban J connectivity index is 2.03. The second-order valence-electron chi connectivity index (χ2n) is 9.01. The summed E-state index contributed by atoms with van der Waals surface area (Å²) >= 11 is 3.23. The number of halogens is 2. The molecule has 4 amide bonds. The molecule has 0 aromatic heterocycles. The normalized spacial score (nSPS) is 13.3. The van der Waals surface area contributed by atoms with Gasteiger partial charge in [0, 0.05) is 23.1 Å². The molecule has 0 saturated carbocycles. The van der Waals surface area contributed by atoms with E-state index in [0.717, 1.165) is 5.56 Å². The zero-order valence-corrected chi connectivity index (χ0v) is 23.6. The van der Waals surface area contributed by atoms with Gasteiger partial charge in [0.15, 0.2) is 0 Å². The van der Waals surface area contributed by atoms with E-state index in [0.29, 0.717) is 4.47 Å². The highest BCUT2D eigenvalue weighted by atomic mass is 79.9. The van der Waals surface area contributed by atoms with Gasteiger partial charge < -0.3 is 21.3 Å². The van der Waals surface area contributed by atoms with E-state index in [9.17, 15) is 23.6 Å². The van der Waals surface area contributed by atoms with Gasteiger partial charge in [0.2, 0.25) is 11.7 Å². The molecule has 0 bridgehead atoms. The monoisotopic (exact) mass is 589 g/mol. The van der Waals surface area contributed by atoms with E-state index in [4.69, 9.17) is 0 Å². The summed E-state index contributed by atoms with van der Waals surface area (Å²) in [7, 11) is 3.42. The number of hydrogen-bond acceptors (Lipinski definition) is 4. The smallest absolute Gasteiger partial charge is 0.315 e. The third kappa shape index (κ3) is 9.40. The SMILES string of the molecule is CCC(NC(=O)[C@@]([Si])(CC(C)C)NC(=O)NCc1ccccc1)C(=O)C(=O)NCc1cc(Br)ccc1F. The quantitative estimate of drug-likeness (QED) is 0.225. The minimum atomic E-state index is -1.53. The van der Waals surface area contributed by atoms with E-state index in [2.05, 4.69) is 47.4 Å². The summed E-state index contributed by atoms with van der Waals surface area (Å²) in [5, 5.41) is 8.79. The fourth-order valence-corrected chi connectivity index (χ4v) is 4.57. The van der Waals surface area contributed by atoms with Crippen LogP contribution < -0.4 is 21.3 Å². The number of ketones is 1. The third-order valence-electron chi connectivity index (χ3n) is 5.43. The van der Waals surface area contributed by atoms with Crippen molar-refractivity contribution < 1.29 is 23.6 Å². The predicted octanol–water partition coefficient (Wildman–Crippen LogP) is 3.08. The maximum absolute atomic E-state index is 13.9. The molecule has 3 radical (unpaired) electrons. The average Bonchev–Trinajstić information content (AvgIpc) is 2.85. The van der Waals surface area contributed by atoms with Crippen LogP contribution in [0.2, 0.25) is 0 Å². The zero-order valence-electron chi connectivity index (χ0n) is 21.0. The Labute approximate surface area is 228 Å². The van der Waals surface area contributed by atoms with Crippen LogP contribution in [0.25, 0.3) is 0 Å². The van der Waals surface area contributed by atoms with Crippen LogP contribution in [0.3, 0.4) is 0 Å². The molecular formula is C26H31BrFN4O4Si. The molecule has 0 aliphatic rings. The van der Waals surface area contributed by atoms with Crippen LogP contribution in [0, 0.1) is 11.7 Å². The summed E-state index contributed by atoms with van der Waals surface area (Å²) in [4.78, 5) is 51.1. The lowest BCUT2D eigenvalue weighted by Crippen LogP contribution is -2.64. The topological polar surface area (TPSA) is 116 Å². The molecule has 2 aromatic carbocycles. The maximum atomic E-state index is 13.9. The molecular weight excluding hydrogens is 559 g/mol. The van der Waals surface area contributed by atoms with Gasteiger partial charge in [0.1, 0.15) is 11.0 Å². The maximum Gasteiger partial charge on any atom is 0.315 e. The first-order valence-corrected chi connectivity index (χ1v) is 13.2. The van der Waals surface area contributed by atoms with Crippen molar-refractivity contribution in [2.45, 2.75) is 57.9 Å². The van der Waals surface area contributed by atoms with E-state index in [-0.39, 0.29) is 37.4 Å². The summed E-state index contributed by atoms with van der Waals surface area (Å²) in [6, 6.07) is 11.8. The van der Waals surface area contributed by atoms with Gasteiger partial charge in [-0.3, -0.25) is 14.4 Å². The van der Waals surface area contributed by atoms with E-state index >= 15 is 0 Å². The lowest BCUT2D eigenvalue weighted by Gasteiger charge is -2.32. The Morgan fingerprint density at radius 2 is 1.70 bits per heavy atom. The van der Waals surface area contributed by atoms with E-state index in [1.54, 1.807) is 6.92 Å². The van der Waals surface area contributed by atoms with Crippen LogP contribution in [-0.2, 0) is 27.5 Å². The number of carbonyl (C=O) groups is 4. The van der Waals surface area contributed by atoms with Crippen LogP contribution in [0.4, 0.5) is 9.18 Å². The zero-order chi connectivity index (χ0) is 27.6. The van der Waals surface area contributed by atoms with Crippen LogP contribution in [0.5, 0.6) is 0 Å². The molecule has 2 atom stereocenters. The van der Waals surface area contributed by atoms with Crippen molar-refractivity contribution in [3.8, 4) is 0 Å². The second-order valence-corrected chi connectivity index (χ2v) is 10.8. The lowest BCUT2D eigenvalue weighted by molar-refractivity contribution is -0.140. The molecule has 0 aliphatic carbocycles. The fourth-order valence-electron chi connectivity index (χ4n) is 3.56. The molecule has 2 aromatic rings. The number of urea groups is 1. The number of benzene rings is 2. The minimum absolute atomic E-state index is 0.00292. The minimum Gasteiger partial charge on any atom is -0.345 e. The standard InChI is InChI=1S/C26H31BrFN4O4Si/c1-4-21(22(33)23(34)29-15-18-12-19(27)10-11-20(18)28)31-24(35)26(37,13-16(2)3)32-25(36)30-14-17-8-6-5-7-9-17/h5-12,16,21H,4,13-15H2,1-3H3,(H,29,34)(H,31,35)(H2,30,32,36)/t21?,26-/m0/s1. The van der Waals surface area contributed by atoms with Crippen molar-refractivity contribution in [2.24, 2.45) is 5.92 Å². The van der Waals surface area contributed by atoms with Gasteiger partial charge in [0.25, 0.3) is 5.91 Å². The van der Waals surface area contributed by atoms with Crippen LogP contribution in [0.15, 0.2) is 53.0 Å². The Kier molecular flexibility index (Phi) is 11.4. The number of rotatable bonds is 12. The van der Waals surface area contributed by atoms with Crippen LogP contribution >= 0.6 is 15.9 Å². The van der Waals surface area contributed by atoms with Crippen molar-refractivity contribution >= 4 is 49.8 Å². The summed E-state index contributed by atoms with van der Waals surface area (Å²) < 4.78 is 14.6. The number of amides is 4. The molecule has 0 fully saturated rings. The van der Waals surface area contributed by atoms with Crippen molar-refractivity contribution in [1.82, 2.24) is 21.3 Å². The van der Waals surface area contributed by atoms with Gasteiger partial charge in [0.05, 0.1) is 16.3 Å². The van der Waals surface area contributed by atoms with Crippen molar-refractivity contribution in [3.63, 3.8) is 0 Å². The van der Waals surface area contributed by atoms with E-state index in [1.807, 2.05) is 44.2 Å². The molecule has 0 aliphatic heterocycles. The van der Waals surface area contributed by atoms with Gasteiger partial charge in [-0.1, -0.05) is 67.0 Å². The molecule has 0 saturated heterocycles. The Morgan fingerprint density at radius 3 is 2.32 bits per heavy atom. The van der Waals surface area contributed by atoms with E-state index < -0.39 is 40.6 Å². The van der Waals surface area contributed by atoms with E-state index in [1.165, 1.54) is 18.2 Å². The largest absolute Gasteiger partial charge is 0.345 e. The molecule has 0 heterocycles. The summed E-state index contributed by atoms with van der Waals surface area (Å²) in [6.45, 7) is 5.46. The Bertz CT molecular complexity index is 1120. The molecule has 2 rings (SSSR count). The highest BCUT2D eigenvalue weighted by Crippen LogP contribution is 2.16. The molecule has 37 heavy (non-hydrogen) atoms. The third-order valence-corrected chi connectivity index (χ3v) is 6.48. The van der Waals surface area contributed by atoms with Crippen molar-refractivity contribution in [1.29, 1.82) is 0 Å². The van der Waals surface area contributed by atoms with Crippen LogP contribution in [-0.4, -0.2) is 45.1 Å². The fraction of sp³-hybridized carbons (Fsp3) is 0.385. The van der Waals surface area contributed by atoms with Gasteiger partial charge in [-0.2, -0.15) is 0 Å². The van der Waals surface area contributed by atoms with Crippen molar-refractivity contribution in [2.75, 3.05) is 0 Å². The summed E-state index contributed by atoms with van der Waals surface area (Å²) in [5.74, 6) is -3.03.